The van der Waals surface area contributed by atoms with Crippen LogP contribution in [0.2, 0.25) is 0 Å². The number of anilines is 1. The maximum atomic E-state index is 12.6. The van der Waals surface area contributed by atoms with Gasteiger partial charge in [-0.15, -0.1) is 0 Å². The van der Waals surface area contributed by atoms with Crippen molar-refractivity contribution in [1.29, 1.82) is 0 Å². The van der Waals surface area contributed by atoms with Crippen molar-refractivity contribution in [3.05, 3.63) is 23.8 Å². The number of nitrogens with zero attached hydrogens (tertiary/aromatic N) is 1. The Labute approximate surface area is 136 Å². The molecule has 0 aromatic heterocycles. The Kier molecular flexibility index (Phi) is 3.50. The Balaban J connectivity index is 1.87. The summed E-state index contributed by atoms with van der Waals surface area (Å²) in [6.07, 6.45) is 0.622. The molecule has 124 valence electrons. The van der Waals surface area contributed by atoms with Crippen molar-refractivity contribution in [2.45, 2.75) is 38.1 Å². The van der Waals surface area contributed by atoms with Crippen LogP contribution in [0.5, 0.6) is 5.75 Å². The Hall–Kier alpha value is -2.24. The van der Waals surface area contributed by atoms with E-state index in [0.717, 1.165) is 17.0 Å². The van der Waals surface area contributed by atoms with Crippen molar-refractivity contribution in [2.24, 2.45) is 0 Å². The summed E-state index contributed by atoms with van der Waals surface area (Å²) in [5.41, 5.74) is 0.771. The number of hydrogen-bond acceptors (Lipinski definition) is 3. The van der Waals surface area contributed by atoms with Crippen molar-refractivity contribution in [3.63, 3.8) is 0 Å². The molecule has 0 saturated carbocycles. The third-order valence-corrected chi connectivity index (χ3v) is 4.46. The molecule has 2 aliphatic rings. The summed E-state index contributed by atoms with van der Waals surface area (Å²) >= 11 is 0. The lowest BCUT2D eigenvalue weighted by molar-refractivity contribution is -0.120. The molecule has 1 aromatic rings. The topological polar surface area (TPSA) is 70.7 Å². The number of nitrogens with one attached hydrogen (secondary N) is 2. The molecule has 0 unspecified atom stereocenters. The van der Waals surface area contributed by atoms with Crippen LogP contribution in [0.4, 0.5) is 10.5 Å². The lowest BCUT2D eigenvalue weighted by Crippen LogP contribution is -2.49. The summed E-state index contributed by atoms with van der Waals surface area (Å²) in [6.45, 7) is 6.78. The van der Waals surface area contributed by atoms with Crippen LogP contribution in [0.25, 0.3) is 0 Å². The van der Waals surface area contributed by atoms with Crippen molar-refractivity contribution >= 4 is 17.6 Å². The molecular weight excluding hydrogens is 294 g/mol. The zero-order valence-electron chi connectivity index (χ0n) is 14.0. The van der Waals surface area contributed by atoms with E-state index >= 15 is 0 Å². The first-order valence-electron chi connectivity index (χ1n) is 7.82. The van der Waals surface area contributed by atoms with Crippen molar-refractivity contribution in [3.8, 4) is 5.75 Å². The number of hydrogen-bond donors (Lipinski definition) is 2. The van der Waals surface area contributed by atoms with E-state index in [9.17, 15) is 9.59 Å². The highest BCUT2D eigenvalue weighted by Crippen LogP contribution is 2.45. The number of methoxy groups -OCH3 is 1. The quantitative estimate of drug-likeness (QED) is 0.833. The maximum Gasteiger partial charge on any atom is 0.317 e. The molecule has 23 heavy (non-hydrogen) atoms. The number of urea groups is 1. The number of likely N-dealkylation sites (tertiary alicyclic amines) is 1. The summed E-state index contributed by atoms with van der Waals surface area (Å²) in [6, 6.07) is 5.47. The van der Waals surface area contributed by atoms with E-state index in [2.05, 4.69) is 10.6 Å². The van der Waals surface area contributed by atoms with Gasteiger partial charge in [0.15, 0.2) is 0 Å². The second-order valence-electron chi connectivity index (χ2n) is 7.30. The number of fused-ring (bicyclic) bond motifs is 2. The normalized spacial score (nSPS) is 23.0. The minimum atomic E-state index is -0.668. The van der Waals surface area contributed by atoms with Crippen LogP contribution in [0.15, 0.2) is 18.2 Å². The van der Waals surface area contributed by atoms with Gasteiger partial charge in [-0.3, -0.25) is 4.79 Å². The van der Waals surface area contributed by atoms with E-state index < -0.39 is 5.41 Å². The van der Waals surface area contributed by atoms with Crippen LogP contribution >= 0.6 is 0 Å². The molecule has 6 nitrogen and oxygen atoms in total. The monoisotopic (exact) mass is 317 g/mol. The second-order valence-corrected chi connectivity index (χ2v) is 7.30. The van der Waals surface area contributed by atoms with Gasteiger partial charge in [0.2, 0.25) is 5.91 Å². The van der Waals surface area contributed by atoms with Gasteiger partial charge in [0, 0.05) is 24.3 Å². The molecule has 2 aliphatic heterocycles. The third-order valence-electron chi connectivity index (χ3n) is 4.46. The van der Waals surface area contributed by atoms with Gasteiger partial charge in [-0.25, -0.2) is 4.79 Å². The van der Waals surface area contributed by atoms with Gasteiger partial charge in [0.1, 0.15) is 5.75 Å². The van der Waals surface area contributed by atoms with E-state index in [1.54, 1.807) is 12.0 Å². The van der Waals surface area contributed by atoms with Crippen LogP contribution in [0.3, 0.4) is 0 Å². The molecule has 0 radical (unpaired) electrons. The molecule has 3 amide bonds. The number of carbonyl (C=O) groups excluding carboxylic acids is 2. The number of carbonyl (C=O) groups is 2. The number of amides is 3. The molecule has 1 atom stereocenters. The van der Waals surface area contributed by atoms with Crippen molar-refractivity contribution in [1.82, 2.24) is 10.2 Å². The Bertz CT molecular complexity index is 666. The van der Waals surface area contributed by atoms with Gasteiger partial charge in [-0.05, 0) is 51.0 Å². The zero-order chi connectivity index (χ0) is 16.8. The van der Waals surface area contributed by atoms with E-state index in [0.29, 0.717) is 19.5 Å². The largest absolute Gasteiger partial charge is 0.497 e. The molecular formula is C17H23N3O3. The molecule has 0 bridgehead atoms. The summed E-state index contributed by atoms with van der Waals surface area (Å²) in [5, 5.41) is 5.90. The predicted molar refractivity (Wildman–Crippen MR) is 87.8 cm³/mol. The van der Waals surface area contributed by atoms with Gasteiger partial charge >= 0.3 is 6.03 Å². The highest BCUT2D eigenvalue weighted by atomic mass is 16.5. The minimum Gasteiger partial charge on any atom is -0.497 e. The first-order chi connectivity index (χ1) is 10.7. The Morgan fingerprint density at radius 1 is 1.39 bits per heavy atom. The molecule has 2 N–H and O–H groups in total. The summed E-state index contributed by atoms with van der Waals surface area (Å²) < 4.78 is 5.29. The van der Waals surface area contributed by atoms with Crippen LogP contribution in [-0.2, 0) is 10.2 Å². The highest BCUT2D eigenvalue weighted by molar-refractivity contribution is 6.07. The fraction of sp³-hybridized carbons (Fsp3) is 0.529. The first kappa shape index (κ1) is 15.6. The van der Waals surface area contributed by atoms with Crippen LogP contribution in [0.1, 0.15) is 32.8 Å². The van der Waals surface area contributed by atoms with Crippen LogP contribution in [0, 0.1) is 0 Å². The SMILES string of the molecule is COc1ccc2c(c1)[C@@]1(CCN(C(=O)NC(C)(C)C)C1)C(=O)N2. The predicted octanol–water partition coefficient (Wildman–Crippen LogP) is 2.10. The molecule has 2 heterocycles. The number of rotatable bonds is 1. The fourth-order valence-corrected chi connectivity index (χ4v) is 3.31. The first-order valence-corrected chi connectivity index (χ1v) is 7.82. The molecule has 1 spiro atoms. The Morgan fingerprint density at radius 3 is 2.78 bits per heavy atom. The van der Waals surface area contributed by atoms with Gasteiger partial charge in [-0.2, -0.15) is 0 Å². The maximum absolute atomic E-state index is 12.6. The van der Waals surface area contributed by atoms with E-state index in [1.165, 1.54) is 0 Å². The minimum absolute atomic E-state index is 0.0354. The third kappa shape index (κ3) is 2.62. The lowest BCUT2D eigenvalue weighted by atomic mass is 9.81. The van der Waals surface area contributed by atoms with Gasteiger partial charge in [0.25, 0.3) is 0 Å². The molecule has 1 fully saturated rings. The van der Waals surface area contributed by atoms with Gasteiger partial charge < -0.3 is 20.3 Å². The molecule has 0 aliphatic carbocycles. The molecule has 1 saturated heterocycles. The van der Waals surface area contributed by atoms with E-state index in [1.807, 2.05) is 39.0 Å². The molecule has 6 heteroatoms. The van der Waals surface area contributed by atoms with Crippen molar-refractivity contribution in [2.75, 3.05) is 25.5 Å². The number of benzene rings is 1. The smallest absolute Gasteiger partial charge is 0.317 e. The van der Waals surface area contributed by atoms with Crippen LogP contribution in [-0.4, -0.2) is 42.6 Å². The molecule has 1 aromatic carbocycles. The number of ether oxygens (including phenoxy) is 1. The average molecular weight is 317 g/mol. The summed E-state index contributed by atoms with van der Waals surface area (Å²) in [4.78, 5) is 26.7. The van der Waals surface area contributed by atoms with Gasteiger partial charge in [-0.1, -0.05) is 0 Å². The van der Waals surface area contributed by atoms with Crippen LogP contribution < -0.4 is 15.4 Å². The summed E-state index contributed by atoms with van der Waals surface area (Å²) in [5.74, 6) is 0.684. The second kappa shape index (κ2) is 5.15. The Morgan fingerprint density at radius 2 is 2.13 bits per heavy atom. The van der Waals surface area contributed by atoms with Gasteiger partial charge in [0.05, 0.1) is 12.5 Å². The standard InChI is InChI=1S/C17H23N3O3/c1-16(2,3)19-15(22)20-8-7-17(10-20)12-9-11(23-4)5-6-13(12)18-14(17)21/h5-6,9H,7-8,10H2,1-4H3,(H,18,21)(H,19,22)/t17-/m0/s1. The zero-order valence-corrected chi connectivity index (χ0v) is 14.0. The average Bonchev–Trinajstić information content (AvgIpc) is 3.02. The van der Waals surface area contributed by atoms with Crippen molar-refractivity contribution < 1.29 is 14.3 Å². The van der Waals surface area contributed by atoms with E-state index in [-0.39, 0.29) is 17.5 Å². The highest BCUT2D eigenvalue weighted by Gasteiger charge is 2.52. The fourth-order valence-electron chi connectivity index (χ4n) is 3.31. The van der Waals surface area contributed by atoms with E-state index in [4.69, 9.17) is 4.74 Å². The molecule has 3 rings (SSSR count). The summed E-state index contributed by atoms with van der Waals surface area (Å²) in [7, 11) is 1.61. The lowest BCUT2D eigenvalue weighted by Gasteiger charge is -2.27.